The molecule has 1 unspecified atom stereocenters. The lowest BCUT2D eigenvalue weighted by Gasteiger charge is -2.37. The van der Waals surface area contributed by atoms with E-state index >= 15 is 0 Å². The maximum Gasteiger partial charge on any atom is 0.122 e. The standard InChI is InChI=1S/C17H27N3O/c18-7-3-8-19-9-11-20(12-10-19)14-15-6-13-21-17-5-2-1-4-16(15)17/h1-2,4-5,15H,3,6-14,18H2. The van der Waals surface area contributed by atoms with Crippen LogP contribution in [0.1, 0.15) is 24.3 Å². The van der Waals surface area contributed by atoms with Gasteiger partial charge < -0.3 is 20.3 Å². The molecule has 1 fully saturated rings. The summed E-state index contributed by atoms with van der Waals surface area (Å²) in [6.45, 7) is 8.73. The first-order valence-electron chi connectivity index (χ1n) is 8.23. The van der Waals surface area contributed by atoms with Crippen LogP contribution >= 0.6 is 0 Å². The number of rotatable bonds is 5. The summed E-state index contributed by atoms with van der Waals surface area (Å²) >= 11 is 0. The fourth-order valence-corrected chi connectivity index (χ4v) is 3.43. The molecule has 4 heteroatoms. The highest BCUT2D eigenvalue weighted by Gasteiger charge is 2.25. The molecule has 0 amide bonds. The van der Waals surface area contributed by atoms with E-state index < -0.39 is 0 Å². The minimum Gasteiger partial charge on any atom is -0.493 e. The number of nitrogens with two attached hydrogens (primary N) is 1. The van der Waals surface area contributed by atoms with E-state index in [1.165, 1.54) is 38.3 Å². The monoisotopic (exact) mass is 289 g/mol. The average molecular weight is 289 g/mol. The first kappa shape index (κ1) is 14.8. The van der Waals surface area contributed by atoms with Crippen molar-refractivity contribution in [3.63, 3.8) is 0 Å². The van der Waals surface area contributed by atoms with Gasteiger partial charge in [-0.15, -0.1) is 0 Å². The Bertz CT molecular complexity index is 443. The third kappa shape index (κ3) is 3.76. The quantitative estimate of drug-likeness (QED) is 0.892. The molecule has 21 heavy (non-hydrogen) atoms. The minimum atomic E-state index is 0.630. The highest BCUT2D eigenvalue weighted by molar-refractivity contribution is 5.37. The first-order valence-corrected chi connectivity index (χ1v) is 8.23. The molecule has 1 aromatic carbocycles. The molecule has 0 radical (unpaired) electrons. The number of hydrogen-bond donors (Lipinski definition) is 1. The Kier molecular flexibility index (Phi) is 5.12. The van der Waals surface area contributed by atoms with E-state index in [1.54, 1.807) is 0 Å². The molecular formula is C17H27N3O. The van der Waals surface area contributed by atoms with Crippen molar-refractivity contribution in [2.24, 2.45) is 5.73 Å². The molecule has 0 saturated carbocycles. The SMILES string of the molecule is NCCCN1CCN(CC2CCOc3ccccc32)CC1. The van der Waals surface area contributed by atoms with Crippen LogP contribution in [-0.4, -0.2) is 62.2 Å². The van der Waals surface area contributed by atoms with Gasteiger partial charge in [-0.25, -0.2) is 0 Å². The van der Waals surface area contributed by atoms with Crippen LogP contribution < -0.4 is 10.5 Å². The van der Waals surface area contributed by atoms with E-state index in [4.69, 9.17) is 10.5 Å². The lowest BCUT2D eigenvalue weighted by Crippen LogP contribution is -2.48. The van der Waals surface area contributed by atoms with Crippen LogP contribution in [0.2, 0.25) is 0 Å². The number of hydrogen-bond acceptors (Lipinski definition) is 4. The summed E-state index contributed by atoms with van der Waals surface area (Å²) in [7, 11) is 0. The predicted molar refractivity (Wildman–Crippen MR) is 85.8 cm³/mol. The van der Waals surface area contributed by atoms with Gasteiger partial charge in [0.05, 0.1) is 6.61 Å². The number of benzene rings is 1. The fourth-order valence-electron chi connectivity index (χ4n) is 3.43. The third-order valence-corrected chi connectivity index (χ3v) is 4.70. The van der Waals surface area contributed by atoms with Crippen LogP contribution in [0.5, 0.6) is 5.75 Å². The second kappa shape index (κ2) is 7.25. The maximum absolute atomic E-state index is 5.77. The van der Waals surface area contributed by atoms with Crippen molar-refractivity contribution in [3.8, 4) is 5.75 Å². The van der Waals surface area contributed by atoms with Gasteiger partial charge in [-0.2, -0.15) is 0 Å². The zero-order valence-electron chi connectivity index (χ0n) is 12.8. The van der Waals surface area contributed by atoms with Crippen molar-refractivity contribution in [2.75, 3.05) is 52.4 Å². The zero-order chi connectivity index (χ0) is 14.5. The summed E-state index contributed by atoms with van der Waals surface area (Å²) in [5.41, 5.74) is 6.99. The van der Waals surface area contributed by atoms with E-state index in [0.717, 1.165) is 38.3 Å². The number of fused-ring (bicyclic) bond motifs is 1. The molecule has 1 saturated heterocycles. The second-order valence-electron chi connectivity index (χ2n) is 6.16. The van der Waals surface area contributed by atoms with Crippen LogP contribution in [0.4, 0.5) is 0 Å². The molecule has 0 aliphatic carbocycles. The lowest BCUT2D eigenvalue weighted by atomic mass is 9.92. The highest BCUT2D eigenvalue weighted by Crippen LogP contribution is 2.33. The van der Waals surface area contributed by atoms with Crippen molar-refractivity contribution in [1.29, 1.82) is 0 Å². The number of para-hydroxylation sites is 1. The first-order chi connectivity index (χ1) is 10.4. The van der Waals surface area contributed by atoms with Crippen molar-refractivity contribution in [2.45, 2.75) is 18.8 Å². The predicted octanol–water partition coefficient (Wildman–Crippen LogP) is 1.52. The van der Waals surface area contributed by atoms with E-state index in [-0.39, 0.29) is 0 Å². The molecule has 2 heterocycles. The van der Waals surface area contributed by atoms with Gasteiger partial charge in [-0.05, 0) is 37.6 Å². The Labute approximate surface area is 127 Å². The Balaban J connectivity index is 1.52. The Morgan fingerprint density at radius 2 is 1.86 bits per heavy atom. The summed E-state index contributed by atoms with van der Waals surface area (Å²) < 4.78 is 5.77. The molecule has 4 nitrogen and oxygen atoms in total. The Morgan fingerprint density at radius 3 is 2.67 bits per heavy atom. The van der Waals surface area contributed by atoms with Crippen LogP contribution in [-0.2, 0) is 0 Å². The normalized spacial score (nSPS) is 23.6. The van der Waals surface area contributed by atoms with Crippen molar-refractivity contribution in [1.82, 2.24) is 9.80 Å². The molecule has 116 valence electrons. The molecule has 2 N–H and O–H groups in total. The fraction of sp³-hybridized carbons (Fsp3) is 0.647. The van der Waals surface area contributed by atoms with Crippen molar-refractivity contribution < 1.29 is 4.74 Å². The molecule has 1 atom stereocenters. The molecule has 3 rings (SSSR count). The van der Waals surface area contributed by atoms with Gasteiger partial charge in [0, 0.05) is 38.6 Å². The van der Waals surface area contributed by atoms with Crippen LogP contribution in [0.25, 0.3) is 0 Å². The van der Waals surface area contributed by atoms with Gasteiger partial charge in [0.15, 0.2) is 0 Å². The largest absolute Gasteiger partial charge is 0.493 e. The van der Waals surface area contributed by atoms with Crippen LogP contribution in [0, 0.1) is 0 Å². The topological polar surface area (TPSA) is 41.7 Å². The molecule has 2 aliphatic heterocycles. The number of piperazine rings is 1. The molecule has 1 aromatic rings. The average Bonchev–Trinajstić information content (AvgIpc) is 2.55. The minimum absolute atomic E-state index is 0.630. The zero-order valence-corrected chi connectivity index (χ0v) is 12.8. The van der Waals surface area contributed by atoms with E-state index in [9.17, 15) is 0 Å². The van der Waals surface area contributed by atoms with Gasteiger partial charge in [0.25, 0.3) is 0 Å². The van der Waals surface area contributed by atoms with E-state index in [2.05, 4.69) is 34.1 Å². The van der Waals surface area contributed by atoms with Gasteiger partial charge in [0.1, 0.15) is 5.75 Å². The molecular weight excluding hydrogens is 262 g/mol. The van der Waals surface area contributed by atoms with E-state index in [0.29, 0.717) is 5.92 Å². The van der Waals surface area contributed by atoms with Gasteiger partial charge in [0.2, 0.25) is 0 Å². The number of ether oxygens (including phenoxy) is 1. The smallest absolute Gasteiger partial charge is 0.122 e. The molecule has 0 aromatic heterocycles. The summed E-state index contributed by atoms with van der Waals surface area (Å²) in [6.07, 6.45) is 2.26. The second-order valence-corrected chi connectivity index (χ2v) is 6.16. The maximum atomic E-state index is 5.77. The van der Waals surface area contributed by atoms with Crippen molar-refractivity contribution in [3.05, 3.63) is 29.8 Å². The third-order valence-electron chi connectivity index (χ3n) is 4.70. The highest BCUT2D eigenvalue weighted by atomic mass is 16.5. The molecule has 2 aliphatic rings. The number of nitrogens with zero attached hydrogens (tertiary/aromatic N) is 2. The van der Waals surface area contributed by atoms with Crippen molar-refractivity contribution >= 4 is 0 Å². The van der Waals surface area contributed by atoms with Gasteiger partial charge in [-0.3, -0.25) is 0 Å². The van der Waals surface area contributed by atoms with Gasteiger partial charge >= 0.3 is 0 Å². The summed E-state index contributed by atoms with van der Waals surface area (Å²) in [5, 5.41) is 0. The lowest BCUT2D eigenvalue weighted by molar-refractivity contribution is 0.119. The summed E-state index contributed by atoms with van der Waals surface area (Å²) in [6, 6.07) is 8.53. The Morgan fingerprint density at radius 1 is 1.10 bits per heavy atom. The molecule has 0 bridgehead atoms. The summed E-state index contributed by atoms with van der Waals surface area (Å²) in [5.74, 6) is 1.72. The van der Waals surface area contributed by atoms with E-state index in [1.807, 2.05) is 0 Å². The summed E-state index contributed by atoms with van der Waals surface area (Å²) in [4.78, 5) is 5.16. The van der Waals surface area contributed by atoms with Gasteiger partial charge in [-0.1, -0.05) is 18.2 Å². The van der Waals surface area contributed by atoms with Crippen LogP contribution in [0.15, 0.2) is 24.3 Å². The van der Waals surface area contributed by atoms with Crippen LogP contribution in [0.3, 0.4) is 0 Å². The Hall–Kier alpha value is -1.10. The molecule has 0 spiro atoms.